The van der Waals surface area contributed by atoms with Crippen molar-refractivity contribution in [1.82, 2.24) is 9.80 Å². The number of rotatable bonds is 7. The van der Waals surface area contributed by atoms with E-state index >= 15 is 0 Å². The molecule has 2 aromatic rings. The number of guanidine groups is 1. The number of carbonyl (C=O) groups excluding carboxylic acids is 1. The van der Waals surface area contributed by atoms with Crippen molar-refractivity contribution >= 4 is 29.2 Å². The van der Waals surface area contributed by atoms with Gasteiger partial charge in [0.1, 0.15) is 0 Å². The monoisotopic (exact) mass is 479 g/mol. The molecule has 9 heteroatoms. The minimum absolute atomic E-state index is 0.0278. The first-order chi connectivity index (χ1) is 17.0. The van der Waals surface area contributed by atoms with Crippen LogP contribution in [0.2, 0.25) is 0 Å². The van der Waals surface area contributed by atoms with Gasteiger partial charge in [-0.3, -0.25) is 14.7 Å². The average molecular weight is 480 g/mol. The van der Waals surface area contributed by atoms with E-state index in [1.165, 1.54) is 0 Å². The molecular formula is C26H33N5O4. The topological polar surface area (TPSA) is 107 Å². The largest absolute Gasteiger partial charge is 0.478 e. The Morgan fingerprint density at radius 1 is 1.06 bits per heavy atom. The Morgan fingerprint density at radius 3 is 2.49 bits per heavy atom. The number of hydrogen-bond donors (Lipinski definition) is 3. The van der Waals surface area contributed by atoms with E-state index in [1.54, 1.807) is 18.2 Å². The van der Waals surface area contributed by atoms with Crippen LogP contribution in [0.1, 0.15) is 28.8 Å². The summed E-state index contributed by atoms with van der Waals surface area (Å²) in [7, 11) is 0. The second kappa shape index (κ2) is 11.8. The van der Waals surface area contributed by atoms with Crippen LogP contribution in [0.25, 0.3) is 0 Å². The van der Waals surface area contributed by atoms with Crippen LogP contribution < -0.4 is 10.6 Å². The summed E-state index contributed by atoms with van der Waals surface area (Å²) in [5.74, 6) is -0.295. The normalized spacial score (nSPS) is 18.9. The molecule has 2 heterocycles. The van der Waals surface area contributed by atoms with Crippen molar-refractivity contribution in [3.8, 4) is 0 Å². The summed E-state index contributed by atoms with van der Waals surface area (Å²) in [5, 5.41) is 15.6. The van der Waals surface area contributed by atoms with Crippen molar-refractivity contribution in [3.63, 3.8) is 0 Å². The van der Waals surface area contributed by atoms with Gasteiger partial charge in [-0.25, -0.2) is 4.79 Å². The summed E-state index contributed by atoms with van der Waals surface area (Å²) in [6.07, 6.45) is 2.16. The van der Waals surface area contributed by atoms with E-state index in [0.29, 0.717) is 37.8 Å². The summed E-state index contributed by atoms with van der Waals surface area (Å²) in [5.41, 5.74) is 2.81. The van der Waals surface area contributed by atoms with Crippen LogP contribution in [-0.2, 0) is 9.53 Å². The zero-order valence-corrected chi connectivity index (χ0v) is 20.1. The highest BCUT2D eigenvalue weighted by molar-refractivity contribution is 5.96. The SMILES string of the molecule is Cc1cccc(NC(=O)CN2CCN(C(=NC[C@H]3CCCO3)Nc3cccc(C(=O)O)c3)CC2)c1. The number of nitrogens with zero attached hydrogens (tertiary/aromatic N) is 3. The Kier molecular flexibility index (Phi) is 8.33. The fourth-order valence-corrected chi connectivity index (χ4v) is 4.30. The van der Waals surface area contributed by atoms with E-state index < -0.39 is 5.97 Å². The summed E-state index contributed by atoms with van der Waals surface area (Å²) in [6.45, 7) is 6.50. The number of aromatic carboxylic acids is 1. The predicted molar refractivity (Wildman–Crippen MR) is 136 cm³/mol. The van der Waals surface area contributed by atoms with Gasteiger partial charge in [0, 0.05) is 44.2 Å². The Labute approximate surface area is 205 Å². The number of aryl methyl sites for hydroxylation is 1. The summed E-state index contributed by atoms with van der Waals surface area (Å²) in [4.78, 5) is 33.0. The van der Waals surface area contributed by atoms with E-state index in [9.17, 15) is 14.7 Å². The second-order valence-electron chi connectivity index (χ2n) is 8.99. The quantitative estimate of drug-likeness (QED) is 0.414. The Bertz CT molecular complexity index is 1060. The molecule has 0 bridgehead atoms. The fraction of sp³-hybridized carbons (Fsp3) is 0.423. The first kappa shape index (κ1) is 24.7. The maximum Gasteiger partial charge on any atom is 0.335 e. The third-order valence-corrected chi connectivity index (χ3v) is 6.18. The number of aliphatic imine (C=N–C) groups is 1. The smallest absolute Gasteiger partial charge is 0.335 e. The van der Waals surface area contributed by atoms with Gasteiger partial charge in [-0.2, -0.15) is 0 Å². The zero-order valence-electron chi connectivity index (χ0n) is 20.1. The molecule has 1 atom stereocenters. The average Bonchev–Trinajstić information content (AvgIpc) is 3.36. The van der Waals surface area contributed by atoms with Crippen LogP contribution in [0, 0.1) is 6.92 Å². The predicted octanol–water partition coefficient (Wildman–Crippen LogP) is 2.90. The third-order valence-electron chi connectivity index (χ3n) is 6.18. The van der Waals surface area contributed by atoms with Crippen molar-refractivity contribution in [2.45, 2.75) is 25.9 Å². The Morgan fingerprint density at radius 2 is 1.80 bits per heavy atom. The van der Waals surface area contributed by atoms with E-state index in [4.69, 9.17) is 9.73 Å². The molecule has 1 amide bonds. The van der Waals surface area contributed by atoms with Crippen molar-refractivity contribution in [3.05, 3.63) is 59.7 Å². The van der Waals surface area contributed by atoms with E-state index in [2.05, 4.69) is 20.4 Å². The van der Waals surface area contributed by atoms with Crippen LogP contribution in [0.3, 0.4) is 0 Å². The molecule has 0 spiro atoms. The molecule has 0 aliphatic carbocycles. The van der Waals surface area contributed by atoms with Gasteiger partial charge in [0.05, 0.1) is 24.8 Å². The maximum absolute atomic E-state index is 12.5. The number of carboxylic acid groups (broad SMARTS) is 1. The van der Waals surface area contributed by atoms with Crippen LogP contribution in [0.4, 0.5) is 11.4 Å². The van der Waals surface area contributed by atoms with Crippen molar-refractivity contribution in [2.24, 2.45) is 4.99 Å². The van der Waals surface area contributed by atoms with E-state index in [1.807, 2.05) is 37.3 Å². The molecule has 0 aromatic heterocycles. The Balaban J connectivity index is 1.36. The van der Waals surface area contributed by atoms with Crippen molar-refractivity contribution in [1.29, 1.82) is 0 Å². The van der Waals surface area contributed by atoms with E-state index in [0.717, 1.165) is 43.8 Å². The molecule has 0 radical (unpaired) electrons. The zero-order chi connectivity index (χ0) is 24.6. The molecule has 2 aliphatic heterocycles. The molecule has 2 fully saturated rings. The van der Waals surface area contributed by atoms with E-state index in [-0.39, 0.29) is 17.6 Å². The fourth-order valence-electron chi connectivity index (χ4n) is 4.30. The summed E-state index contributed by atoms with van der Waals surface area (Å²) in [6, 6.07) is 14.5. The van der Waals surface area contributed by atoms with Gasteiger partial charge in [-0.15, -0.1) is 0 Å². The molecule has 186 valence electrons. The van der Waals surface area contributed by atoms with Crippen LogP contribution >= 0.6 is 0 Å². The number of amides is 1. The van der Waals surface area contributed by atoms with Gasteiger partial charge in [0.15, 0.2) is 5.96 Å². The number of nitrogens with one attached hydrogen (secondary N) is 2. The standard InChI is InChI=1S/C26H33N5O4/c1-19-5-2-7-21(15-19)28-24(32)18-30-10-12-31(13-11-30)26(27-17-23-9-4-14-35-23)29-22-8-3-6-20(16-22)25(33)34/h2-3,5-8,15-16,23H,4,9-14,17-18H2,1H3,(H,27,29)(H,28,32)(H,33,34)/t23-/m1/s1. The molecule has 35 heavy (non-hydrogen) atoms. The molecule has 0 unspecified atom stereocenters. The van der Waals surface area contributed by atoms with Crippen LogP contribution in [0.15, 0.2) is 53.5 Å². The van der Waals surface area contributed by atoms with Gasteiger partial charge in [-0.1, -0.05) is 18.2 Å². The number of carbonyl (C=O) groups is 2. The molecule has 4 rings (SSSR count). The van der Waals surface area contributed by atoms with Crippen LogP contribution in [0.5, 0.6) is 0 Å². The van der Waals surface area contributed by atoms with Crippen molar-refractivity contribution < 1.29 is 19.4 Å². The number of anilines is 2. The maximum atomic E-state index is 12.5. The number of piperazine rings is 1. The van der Waals surface area contributed by atoms with Gasteiger partial charge < -0.3 is 25.4 Å². The van der Waals surface area contributed by atoms with Gasteiger partial charge in [-0.05, 0) is 55.7 Å². The lowest BCUT2D eigenvalue weighted by Gasteiger charge is -2.36. The Hall–Kier alpha value is -3.43. The highest BCUT2D eigenvalue weighted by Gasteiger charge is 2.23. The first-order valence-electron chi connectivity index (χ1n) is 12.1. The number of hydrogen-bond acceptors (Lipinski definition) is 5. The highest BCUT2D eigenvalue weighted by Crippen LogP contribution is 2.16. The lowest BCUT2D eigenvalue weighted by molar-refractivity contribution is -0.117. The molecular weight excluding hydrogens is 446 g/mol. The first-order valence-corrected chi connectivity index (χ1v) is 12.1. The van der Waals surface area contributed by atoms with Crippen LogP contribution in [-0.4, -0.2) is 84.7 Å². The molecule has 3 N–H and O–H groups in total. The van der Waals surface area contributed by atoms with Gasteiger partial charge in [0.25, 0.3) is 0 Å². The molecule has 9 nitrogen and oxygen atoms in total. The van der Waals surface area contributed by atoms with Gasteiger partial charge >= 0.3 is 5.97 Å². The number of carboxylic acids is 1. The molecule has 2 aromatic carbocycles. The van der Waals surface area contributed by atoms with Crippen molar-refractivity contribution in [2.75, 3.05) is 56.5 Å². The minimum atomic E-state index is -0.968. The lowest BCUT2D eigenvalue weighted by atomic mass is 10.2. The minimum Gasteiger partial charge on any atom is -0.478 e. The second-order valence-corrected chi connectivity index (χ2v) is 8.99. The van der Waals surface area contributed by atoms with Gasteiger partial charge in [0.2, 0.25) is 5.91 Å². The molecule has 2 aliphatic rings. The molecule has 2 saturated heterocycles. The summed E-state index contributed by atoms with van der Waals surface area (Å²) >= 11 is 0. The highest BCUT2D eigenvalue weighted by atomic mass is 16.5. The number of benzene rings is 2. The molecule has 0 saturated carbocycles. The summed E-state index contributed by atoms with van der Waals surface area (Å²) < 4.78 is 5.72. The lowest BCUT2D eigenvalue weighted by Crippen LogP contribution is -2.52. The number of ether oxygens (including phenoxy) is 1. The third kappa shape index (κ3) is 7.27.